The minimum Gasteiger partial charge on any atom is -0.469 e. The maximum absolute atomic E-state index is 13.3. The predicted octanol–water partition coefficient (Wildman–Crippen LogP) is 8.13. The van der Waals surface area contributed by atoms with Gasteiger partial charge in [0.15, 0.2) is 0 Å². The first-order valence-corrected chi connectivity index (χ1v) is 13.7. The molecule has 0 N–H and O–H groups in total. The number of rotatable bonds is 1. The summed E-state index contributed by atoms with van der Waals surface area (Å²) in [5.74, 6) is 1.88. The fraction of sp³-hybridized carbons (Fsp3) is 0.839. The van der Waals surface area contributed by atoms with Gasteiger partial charge in [-0.3, -0.25) is 4.79 Å². The number of esters is 1. The topological polar surface area (TPSA) is 26.3 Å². The number of carbonyl (C=O) groups is 1. The molecule has 5 rings (SSSR count). The second-order valence-corrected chi connectivity index (χ2v) is 14.8. The Bertz CT molecular complexity index is 908. The van der Waals surface area contributed by atoms with Gasteiger partial charge in [0.25, 0.3) is 0 Å². The average molecular weight is 453 g/mol. The Morgan fingerprint density at radius 3 is 2.33 bits per heavy atom. The van der Waals surface area contributed by atoms with Crippen LogP contribution in [0, 0.1) is 50.2 Å². The lowest BCUT2D eigenvalue weighted by Gasteiger charge is -2.70. The molecule has 0 spiro atoms. The predicted molar refractivity (Wildman–Crippen MR) is 136 cm³/mol. The van der Waals surface area contributed by atoms with Crippen LogP contribution in [-0.2, 0) is 9.53 Å². The molecule has 0 bridgehead atoms. The van der Waals surface area contributed by atoms with Crippen molar-refractivity contribution in [2.45, 2.75) is 106 Å². The molecular formula is C31H48O2. The number of hydrogen-bond acceptors (Lipinski definition) is 2. The van der Waals surface area contributed by atoms with Crippen LogP contribution < -0.4 is 0 Å². The van der Waals surface area contributed by atoms with E-state index in [0.29, 0.717) is 33.5 Å². The van der Waals surface area contributed by atoms with Crippen LogP contribution >= 0.6 is 0 Å². The van der Waals surface area contributed by atoms with E-state index in [9.17, 15) is 4.79 Å². The molecule has 0 aromatic rings. The average Bonchev–Trinajstić information content (AvgIpc) is 2.72. The van der Waals surface area contributed by atoms with Crippen molar-refractivity contribution in [1.82, 2.24) is 0 Å². The van der Waals surface area contributed by atoms with Crippen LogP contribution in [0.3, 0.4) is 0 Å². The Morgan fingerprint density at radius 1 is 0.939 bits per heavy atom. The molecule has 0 heterocycles. The summed E-state index contributed by atoms with van der Waals surface area (Å²) in [5, 5.41) is 0. The Labute approximate surface area is 203 Å². The van der Waals surface area contributed by atoms with E-state index in [4.69, 9.17) is 4.74 Å². The second-order valence-electron chi connectivity index (χ2n) is 14.8. The van der Waals surface area contributed by atoms with Crippen LogP contribution in [0.4, 0.5) is 0 Å². The fourth-order valence-corrected chi connectivity index (χ4v) is 10.4. The molecule has 33 heavy (non-hydrogen) atoms. The number of methoxy groups -OCH3 is 1. The summed E-state index contributed by atoms with van der Waals surface area (Å²) < 4.78 is 5.50. The third-order valence-electron chi connectivity index (χ3n) is 12.5. The van der Waals surface area contributed by atoms with Crippen molar-refractivity contribution >= 4 is 5.97 Å². The lowest BCUT2D eigenvalue weighted by atomic mass is 9.34. The van der Waals surface area contributed by atoms with Gasteiger partial charge in [-0.2, -0.15) is 0 Å². The highest BCUT2D eigenvalue weighted by molar-refractivity contribution is 5.78. The third-order valence-corrected chi connectivity index (χ3v) is 12.5. The molecule has 0 aliphatic heterocycles. The summed E-state index contributed by atoms with van der Waals surface area (Å²) in [4.78, 5) is 13.3. The van der Waals surface area contributed by atoms with E-state index in [0.717, 1.165) is 38.0 Å². The number of hydrogen-bond donors (Lipinski definition) is 0. The van der Waals surface area contributed by atoms with E-state index in [1.54, 1.807) is 12.7 Å². The summed E-state index contributed by atoms with van der Waals surface area (Å²) in [6, 6.07) is 0. The lowest BCUT2D eigenvalue weighted by molar-refractivity contribution is -0.180. The van der Waals surface area contributed by atoms with Gasteiger partial charge < -0.3 is 4.74 Å². The fourth-order valence-electron chi connectivity index (χ4n) is 10.4. The molecule has 184 valence electrons. The zero-order valence-electron chi connectivity index (χ0n) is 22.6. The van der Waals surface area contributed by atoms with Gasteiger partial charge in [-0.15, -0.1) is 0 Å². The number of ether oxygens (including phenoxy) is 1. The molecule has 2 nitrogen and oxygen atoms in total. The van der Waals surface area contributed by atoms with Crippen molar-refractivity contribution in [3.05, 3.63) is 23.8 Å². The van der Waals surface area contributed by atoms with Gasteiger partial charge in [0, 0.05) is 0 Å². The van der Waals surface area contributed by atoms with Crippen LogP contribution in [0.5, 0.6) is 0 Å². The van der Waals surface area contributed by atoms with Crippen molar-refractivity contribution in [1.29, 1.82) is 0 Å². The van der Waals surface area contributed by atoms with Gasteiger partial charge in [0.2, 0.25) is 0 Å². The van der Waals surface area contributed by atoms with E-state index in [1.807, 2.05) is 0 Å². The number of fused-ring (bicyclic) bond motifs is 7. The minimum absolute atomic E-state index is 0.0630. The normalized spacial score (nSPS) is 49.6. The molecule has 2 heteroatoms. The van der Waals surface area contributed by atoms with E-state index in [1.165, 1.54) is 25.7 Å². The maximum Gasteiger partial charge on any atom is 0.312 e. The molecule has 0 aromatic carbocycles. The van der Waals surface area contributed by atoms with Gasteiger partial charge in [0.1, 0.15) is 0 Å². The van der Waals surface area contributed by atoms with Crippen molar-refractivity contribution in [3.8, 4) is 0 Å². The molecule has 5 aliphatic rings. The van der Waals surface area contributed by atoms with E-state index in [-0.39, 0.29) is 16.8 Å². The standard InChI is InChI=1S/C31H48O2/c1-26(2)16-18-31(25(32)33-8)19-17-29(6)21(22(31)20-26)10-11-24-28(5)14-9-13-27(3,4)23(28)12-15-30(24,29)7/h9-10,13,22-24H,11-12,14-20H2,1-8H3/t22-,23-,24+,28-,29+,30+,31-/m0/s1. The molecular weight excluding hydrogens is 404 g/mol. The van der Waals surface area contributed by atoms with Gasteiger partial charge in [-0.25, -0.2) is 0 Å². The van der Waals surface area contributed by atoms with E-state index < -0.39 is 0 Å². The molecule has 0 aromatic heterocycles. The molecule has 0 saturated heterocycles. The van der Waals surface area contributed by atoms with E-state index >= 15 is 0 Å². The Kier molecular flexibility index (Phi) is 5.03. The number of allylic oxidation sites excluding steroid dienone is 4. The zero-order valence-corrected chi connectivity index (χ0v) is 22.6. The van der Waals surface area contributed by atoms with Crippen LogP contribution in [0.1, 0.15) is 106 Å². The molecule has 0 unspecified atom stereocenters. The lowest BCUT2D eigenvalue weighted by Crippen LogP contribution is -2.63. The smallest absolute Gasteiger partial charge is 0.312 e. The van der Waals surface area contributed by atoms with E-state index in [2.05, 4.69) is 66.7 Å². The molecule has 0 radical (unpaired) electrons. The highest BCUT2D eigenvalue weighted by Crippen LogP contribution is 2.75. The summed E-state index contributed by atoms with van der Waals surface area (Å²) in [7, 11) is 1.61. The van der Waals surface area contributed by atoms with Gasteiger partial charge in [0.05, 0.1) is 12.5 Å². The first kappa shape index (κ1) is 23.7. The largest absolute Gasteiger partial charge is 0.469 e. The monoisotopic (exact) mass is 452 g/mol. The highest BCUT2D eigenvalue weighted by atomic mass is 16.5. The third kappa shape index (κ3) is 2.94. The van der Waals surface area contributed by atoms with Crippen molar-refractivity contribution < 1.29 is 9.53 Å². The zero-order chi connectivity index (χ0) is 24.1. The van der Waals surface area contributed by atoms with Crippen LogP contribution in [0.15, 0.2) is 23.8 Å². The molecule has 5 aliphatic carbocycles. The number of carbonyl (C=O) groups excluding carboxylic acids is 1. The molecule has 0 amide bonds. The minimum atomic E-state index is -0.296. The van der Waals surface area contributed by atoms with Crippen LogP contribution in [0.25, 0.3) is 0 Å². The Hall–Kier alpha value is -1.05. The van der Waals surface area contributed by atoms with Gasteiger partial charge >= 0.3 is 5.97 Å². The first-order chi connectivity index (χ1) is 15.3. The maximum atomic E-state index is 13.3. The van der Waals surface area contributed by atoms with Crippen LogP contribution in [-0.4, -0.2) is 13.1 Å². The Morgan fingerprint density at radius 2 is 1.64 bits per heavy atom. The van der Waals surface area contributed by atoms with Crippen LogP contribution in [0.2, 0.25) is 0 Å². The van der Waals surface area contributed by atoms with Gasteiger partial charge in [-0.1, -0.05) is 72.3 Å². The second kappa shape index (κ2) is 7.01. The molecule has 3 saturated carbocycles. The van der Waals surface area contributed by atoms with Crippen molar-refractivity contribution in [3.63, 3.8) is 0 Å². The quantitative estimate of drug-likeness (QED) is 0.296. The summed E-state index contributed by atoms with van der Waals surface area (Å²) >= 11 is 0. The summed E-state index contributed by atoms with van der Waals surface area (Å²) in [5.41, 5.74) is 2.77. The van der Waals surface area contributed by atoms with Crippen molar-refractivity contribution in [2.75, 3.05) is 7.11 Å². The first-order valence-electron chi connectivity index (χ1n) is 13.7. The van der Waals surface area contributed by atoms with Gasteiger partial charge in [-0.05, 0) is 103 Å². The van der Waals surface area contributed by atoms with Crippen molar-refractivity contribution in [2.24, 2.45) is 50.2 Å². The Balaban J connectivity index is 1.61. The summed E-state index contributed by atoms with van der Waals surface area (Å²) in [6.45, 7) is 17.6. The molecule has 3 fully saturated rings. The summed E-state index contributed by atoms with van der Waals surface area (Å²) in [6.07, 6.45) is 18.1. The highest BCUT2D eigenvalue weighted by Gasteiger charge is 2.68. The molecule has 7 atom stereocenters. The SMILES string of the molecule is COC(=O)[C@]12CCC(C)(C)C[C@H]1C1=CC[C@@H]3[C@@]4(C)CC=CC(C)(C)[C@@H]4CC[C@@]3(C)[C@]1(C)CC2.